The van der Waals surface area contributed by atoms with Crippen LogP contribution >= 0.6 is 0 Å². The van der Waals surface area contributed by atoms with Gasteiger partial charge in [0.25, 0.3) is 0 Å². The topological polar surface area (TPSA) is 15.3 Å². The number of piperidine rings is 2. The maximum Gasteiger partial charge on any atom is 0.0233 e. The second-order valence-electron chi connectivity index (χ2n) is 8.61. The van der Waals surface area contributed by atoms with Gasteiger partial charge in [0.15, 0.2) is 0 Å². The summed E-state index contributed by atoms with van der Waals surface area (Å²) in [7, 11) is 0. The lowest BCUT2D eigenvalue weighted by Gasteiger charge is -2.39. The highest BCUT2D eigenvalue weighted by Crippen LogP contribution is 2.32. The first-order valence-electron chi connectivity index (χ1n) is 10.1. The van der Waals surface area contributed by atoms with Crippen molar-refractivity contribution in [2.75, 3.05) is 19.6 Å². The van der Waals surface area contributed by atoms with E-state index in [2.05, 4.69) is 61.3 Å². The molecule has 0 radical (unpaired) electrons. The molecule has 2 saturated heterocycles. The predicted octanol–water partition coefficient (Wildman–Crippen LogP) is 4.56. The molecule has 24 heavy (non-hydrogen) atoms. The van der Waals surface area contributed by atoms with E-state index in [1.54, 1.807) is 0 Å². The van der Waals surface area contributed by atoms with Crippen LogP contribution in [0.4, 0.5) is 0 Å². The van der Waals surface area contributed by atoms with Crippen molar-refractivity contribution in [3.05, 3.63) is 35.9 Å². The van der Waals surface area contributed by atoms with Crippen molar-refractivity contribution < 1.29 is 0 Å². The number of hydrogen-bond donors (Lipinski definition) is 1. The summed E-state index contributed by atoms with van der Waals surface area (Å²) >= 11 is 0. The number of rotatable bonds is 5. The summed E-state index contributed by atoms with van der Waals surface area (Å²) in [6, 6.07) is 11.7. The average molecular weight is 329 g/mol. The molecule has 3 rings (SSSR count). The lowest BCUT2D eigenvalue weighted by atomic mass is 9.77. The molecular formula is C22H36N2. The first-order chi connectivity index (χ1) is 11.6. The molecule has 0 saturated carbocycles. The van der Waals surface area contributed by atoms with Gasteiger partial charge in [0, 0.05) is 19.1 Å². The van der Waals surface area contributed by atoms with Gasteiger partial charge >= 0.3 is 0 Å². The van der Waals surface area contributed by atoms with E-state index in [0.717, 1.165) is 30.2 Å². The maximum atomic E-state index is 3.72. The molecule has 5 atom stereocenters. The summed E-state index contributed by atoms with van der Waals surface area (Å²) < 4.78 is 0. The zero-order valence-electron chi connectivity index (χ0n) is 15.9. The molecule has 0 amide bonds. The molecule has 0 spiro atoms. The molecule has 2 aliphatic rings. The Morgan fingerprint density at radius 3 is 2.75 bits per heavy atom. The number of nitrogens with zero attached hydrogens (tertiary/aromatic N) is 1. The minimum atomic E-state index is 0.701. The Kier molecular flexibility index (Phi) is 6.35. The molecule has 134 valence electrons. The molecule has 2 heteroatoms. The van der Waals surface area contributed by atoms with Crippen LogP contribution in [-0.4, -0.2) is 30.6 Å². The van der Waals surface area contributed by atoms with Gasteiger partial charge in [-0.05, 0) is 74.9 Å². The smallest absolute Gasteiger partial charge is 0.0233 e. The molecule has 5 unspecified atom stereocenters. The monoisotopic (exact) mass is 328 g/mol. The van der Waals surface area contributed by atoms with Gasteiger partial charge in [0.1, 0.15) is 0 Å². The Labute approximate surface area is 149 Å². The highest BCUT2D eigenvalue weighted by Gasteiger charge is 2.29. The molecule has 2 heterocycles. The van der Waals surface area contributed by atoms with Gasteiger partial charge in [0.2, 0.25) is 0 Å². The fourth-order valence-corrected chi connectivity index (χ4v) is 4.81. The fourth-order valence-electron chi connectivity index (χ4n) is 4.81. The normalized spacial score (nSPS) is 33.3. The predicted molar refractivity (Wildman–Crippen MR) is 103 cm³/mol. The molecule has 2 nitrogen and oxygen atoms in total. The molecule has 1 aromatic rings. The van der Waals surface area contributed by atoms with Crippen LogP contribution in [0.15, 0.2) is 30.3 Å². The van der Waals surface area contributed by atoms with Crippen LogP contribution in [0, 0.1) is 23.7 Å². The summed E-state index contributed by atoms with van der Waals surface area (Å²) in [6.07, 6.45) is 5.63. The van der Waals surface area contributed by atoms with Gasteiger partial charge in [-0.2, -0.15) is 0 Å². The largest absolute Gasteiger partial charge is 0.314 e. The Hall–Kier alpha value is -0.860. The Morgan fingerprint density at radius 1 is 1.21 bits per heavy atom. The number of nitrogens with one attached hydrogen (secondary N) is 1. The summed E-state index contributed by atoms with van der Waals surface area (Å²) in [5.74, 6) is 3.46. The van der Waals surface area contributed by atoms with Crippen LogP contribution < -0.4 is 5.32 Å². The van der Waals surface area contributed by atoms with Crippen molar-refractivity contribution in [2.24, 2.45) is 23.7 Å². The van der Waals surface area contributed by atoms with E-state index in [1.807, 2.05) is 0 Å². The van der Waals surface area contributed by atoms with Gasteiger partial charge in [-0.25, -0.2) is 0 Å². The highest BCUT2D eigenvalue weighted by atomic mass is 15.1. The third-order valence-electron chi connectivity index (χ3n) is 6.59. The highest BCUT2D eigenvalue weighted by molar-refractivity contribution is 5.14. The van der Waals surface area contributed by atoms with E-state index in [4.69, 9.17) is 0 Å². The van der Waals surface area contributed by atoms with Gasteiger partial charge in [0.05, 0.1) is 0 Å². The van der Waals surface area contributed by atoms with Gasteiger partial charge in [-0.3, -0.25) is 4.90 Å². The molecule has 0 aliphatic carbocycles. The SMILES string of the molecule is CC(CC1CNC(C)C(C)C1)C1CCCN(Cc2ccccc2)C1. The van der Waals surface area contributed by atoms with Crippen molar-refractivity contribution in [3.8, 4) is 0 Å². The van der Waals surface area contributed by atoms with E-state index in [-0.39, 0.29) is 0 Å². The minimum absolute atomic E-state index is 0.701. The van der Waals surface area contributed by atoms with E-state index >= 15 is 0 Å². The van der Waals surface area contributed by atoms with Crippen LogP contribution in [0.25, 0.3) is 0 Å². The van der Waals surface area contributed by atoms with E-state index in [9.17, 15) is 0 Å². The summed E-state index contributed by atoms with van der Waals surface area (Å²) in [5, 5.41) is 3.72. The van der Waals surface area contributed by atoms with Crippen molar-refractivity contribution >= 4 is 0 Å². The van der Waals surface area contributed by atoms with Crippen LogP contribution in [0.1, 0.15) is 52.0 Å². The fraction of sp³-hybridized carbons (Fsp3) is 0.727. The van der Waals surface area contributed by atoms with Gasteiger partial charge < -0.3 is 5.32 Å². The number of benzene rings is 1. The van der Waals surface area contributed by atoms with Crippen molar-refractivity contribution in [3.63, 3.8) is 0 Å². The minimum Gasteiger partial charge on any atom is -0.314 e. The van der Waals surface area contributed by atoms with Crippen LogP contribution in [0.3, 0.4) is 0 Å². The second-order valence-corrected chi connectivity index (χ2v) is 8.61. The summed E-state index contributed by atoms with van der Waals surface area (Å²) in [5.41, 5.74) is 1.46. The van der Waals surface area contributed by atoms with Gasteiger partial charge in [-0.1, -0.05) is 44.2 Å². The Morgan fingerprint density at radius 2 is 2.00 bits per heavy atom. The van der Waals surface area contributed by atoms with E-state index < -0.39 is 0 Å². The first kappa shape index (κ1) is 17.9. The van der Waals surface area contributed by atoms with Crippen molar-refractivity contribution in [1.82, 2.24) is 10.2 Å². The standard InChI is InChI=1S/C22H36N2/c1-17-12-21(14-23-19(17)3)13-18(2)22-10-7-11-24(16-22)15-20-8-5-4-6-9-20/h4-6,8-9,17-19,21-23H,7,10-16H2,1-3H3. The van der Waals surface area contributed by atoms with Crippen molar-refractivity contribution in [1.29, 1.82) is 0 Å². The summed E-state index contributed by atoms with van der Waals surface area (Å²) in [4.78, 5) is 2.68. The molecule has 2 aliphatic heterocycles. The molecule has 0 bridgehead atoms. The molecule has 0 aromatic heterocycles. The van der Waals surface area contributed by atoms with Crippen LogP contribution in [0.2, 0.25) is 0 Å². The lowest BCUT2D eigenvalue weighted by Crippen LogP contribution is -2.44. The van der Waals surface area contributed by atoms with Gasteiger partial charge in [-0.15, -0.1) is 0 Å². The zero-order chi connectivity index (χ0) is 16.9. The van der Waals surface area contributed by atoms with Crippen molar-refractivity contribution in [2.45, 2.75) is 59.0 Å². The molecular weight excluding hydrogens is 292 g/mol. The maximum absolute atomic E-state index is 3.72. The lowest BCUT2D eigenvalue weighted by molar-refractivity contribution is 0.113. The number of likely N-dealkylation sites (tertiary alicyclic amines) is 1. The third kappa shape index (κ3) is 4.83. The van der Waals surface area contributed by atoms with E-state index in [1.165, 1.54) is 50.9 Å². The zero-order valence-corrected chi connectivity index (χ0v) is 15.9. The third-order valence-corrected chi connectivity index (χ3v) is 6.59. The van der Waals surface area contributed by atoms with Crippen LogP contribution in [0.5, 0.6) is 0 Å². The molecule has 1 aromatic carbocycles. The second kappa shape index (κ2) is 8.49. The average Bonchev–Trinajstić information content (AvgIpc) is 2.59. The molecule has 1 N–H and O–H groups in total. The number of hydrogen-bond acceptors (Lipinski definition) is 2. The van der Waals surface area contributed by atoms with Crippen LogP contribution in [-0.2, 0) is 6.54 Å². The summed E-state index contributed by atoms with van der Waals surface area (Å²) in [6.45, 7) is 12.2. The quantitative estimate of drug-likeness (QED) is 0.852. The van der Waals surface area contributed by atoms with E-state index in [0.29, 0.717) is 6.04 Å². The Balaban J connectivity index is 1.49. The molecule has 2 fully saturated rings. The Bertz CT molecular complexity index is 486. The first-order valence-corrected chi connectivity index (χ1v) is 10.1.